The number of ether oxygens (including phenoxy) is 4. The molecule has 3 aromatic rings. The predicted molar refractivity (Wildman–Crippen MR) is 120 cm³/mol. The molecule has 2 aliphatic rings. The first-order chi connectivity index (χ1) is 15.6. The third-order valence-corrected chi connectivity index (χ3v) is 5.80. The van der Waals surface area contributed by atoms with Crippen molar-refractivity contribution in [3.63, 3.8) is 0 Å². The van der Waals surface area contributed by atoms with E-state index in [9.17, 15) is 0 Å². The maximum Gasteiger partial charge on any atom is 0.214 e. The first-order valence-electron chi connectivity index (χ1n) is 10.7. The zero-order chi connectivity index (χ0) is 22.2. The third kappa shape index (κ3) is 3.34. The highest BCUT2D eigenvalue weighted by Crippen LogP contribution is 2.51. The lowest BCUT2D eigenvalue weighted by atomic mass is 9.97. The van der Waals surface area contributed by atoms with E-state index in [1.807, 2.05) is 61.3 Å². The summed E-state index contributed by atoms with van der Waals surface area (Å²) in [6, 6.07) is 15.7. The van der Waals surface area contributed by atoms with Gasteiger partial charge < -0.3 is 23.4 Å². The van der Waals surface area contributed by atoms with Gasteiger partial charge in [0.1, 0.15) is 17.2 Å². The number of rotatable bonds is 6. The van der Waals surface area contributed by atoms with Crippen LogP contribution in [0.4, 0.5) is 0 Å². The molecular weight excluding hydrogens is 408 g/mol. The number of fused-ring (bicyclic) bond motifs is 3. The summed E-state index contributed by atoms with van der Waals surface area (Å²) in [6.07, 6.45) is 0.255. The van der Waals surface area contributed by atoms with E-state index >= 15 is 0 Å². The van der Waals surface area contributed by atoms with Gasteiger partial charge in [-0.05, 0) is 50.2 Å². The van der Waals surface area contributed by atoms with Gasteiger partial charge in [0.25, 0.3) is 0 Å². The Morgan fingerprint density at radius 2 is 1.88 bits per heavy atom. The first-order valence-corrected chi connectivity index (χ1v) is 10.7. The zero-order valence-electron chi connectivity index (χ0n) is 18.6. The minimum absolute atomic E-state index is 0.00217. The van der Waals surface area contributed by atoms with Crippen LogP contribution in [-0.2, 0) is 0 Å². The molecule has 5 rings (SSSR count). The van der Waals surface area contributed by atoms with Gasteiger partial charge in [0.15, 0.2) is 23.0 Å². The number of benzene rings is 2. The number of para-hydroxylation sites is 1. The fourth-order valence-electron chi connectivity index (χ4n) is 4.32. The molecule has 2 aromatic carbocycles. The van der Waals surface area contributed by atoms with Crippen LogP contribution in [0, 0.1) is 6.92 Å². The van der Waals surface area contributed by atoms with Gasteiger partial charge in [-0.3, -0.25) is 0 Å². The number of hydrogen-bond donors (Lipinski definition) is 0. The van der Waals surface area contributed by atoms with Gasteiger partial charge in [0, 0.05) is 17.5 Å². The van der Waals surface area contributed by atoms with E-state index in [0.717, 1.165) is 39.9 Å². The van der Waals surface area contributed by atoms with Crippen LogP contribution in [0.2, 0.25) is 0 Å². The lowest BCUT2D eigenvalue weighted by Crippen LogP contribution is -2.34. The van der Waals surface area contributed by atoms with Crippen molar-refractivity contribution < 1.29 is 23.4 Å². The molecule has 0 bridgehead atoms. The second-order valence-corrected chi connectivity index (χ2v) is 7.75. The van der Waals surface area contributed by atoms with Crippen molar-refractivity contribution in [2.75, 3.05) is 20.8 Å². The van der Waals surface area contributed by atoms with Crippen molar-refractivity contribution in [1.29, 1.82) is 0 Å². The fourth-order valence-corrected chi connectivity index (χ4v) is 4.32. The summed E-state index contributed by atoms with van der Waals surface area (Å²) in [5.41, 5.74) is 2.85. The van der Waals surface area contributed by atoms with Crippen molar-refractivity contribution in [3.8, 4) is 23.0 Å². The van der Waals surface area contributed by atoms with Crippen LogP contribution >= 0.6 is 0 Å². The van der Waals surface area contributed by atoms with Gasteiger partial charge in [0.05, 0.1) is 26.9 Å². The SMILES string of the molecule is CCOc1cccc2c1O[C@H](c1ccc(OC)c(OC)c1)N1N=C(c3ccc(C)o3)C[C@H]21. The van der Waals surface area contributed by atoms with E-state index in [2.05, 4.69) is 6.07 Å². The molecule has 0 spiro atoms. The maximum atomic E-state index is 6.54. The van der Waals surface area contributed by atoms with E-state index < -0.39 is 6.23 Å². The maximum absolute atomic E-state index is 6.54. The van der Waals surface area contributed by atoms with Gasteiger partial charge in [-0.25, -0.2) is 5.01 Å². The summed E-state index contributed by atoms with van der Waals surface area (Å²) < 4.78 is 29.2. The molecule has 0 saturated carbocycles. The van der Waals surface area contributed by atoms with E-state index in [4.69, 9.17) is 28.5 Å². The van der Waals surface area contributed by atoms with Gasteiger partial charge in [0.2, 0.25) is 6.23 Å². The second-order valence-electron chi connectivity index (χ2n) is 7.75. The number of hydrazone groups is 1. The molecule has 0 radical (unpaired) electrons. The summed E-state index contributed by atoms with van der Waals surface area (Å²) in [4.78, 5) is 0. The summed E-state index contributed by atoms with van der Waals surface area (Å²) in [6.45, 7) is 4.46. The van der Waals surface area contributed by atoms with Crippen LogP contribution in [0.1, 0.15) is 48.3 Å². The molecule has 7 heteroatoms. The lowest BCUT2D eigenvalue weighted by molar-refractivity contribution is -0.0213. The van der Waals surface area contributed by atoms with Crippen molar-refractivity contribution >= 4 is 5.71 Å². The summed E-state index contributed by atoms with van der Waals surface area (Å²) in [5.74, 6) is 4.43. The molecule has 0 fully saturated rings. The van der Waals surface area contributed by atoms with Crippen LogP contribution < -0.4 is 18.9 Å². The highest BCUT2D eigenvalue weighted by atomic mass is 16.5. The van der Waals surface area contributed by atoms with Gasteiger partial charge in [-0.2, -0.15) is 5.10 Å². The molecule has 0 aliphatic carbocycles. The average molecular weight is 434 g/mol. The molecule has 0 amide bonds. The van der Waals surface area contributed by atoms with E-state index in [1.165, 1.54) is 0 Å². The molecule has 2 aliphatic heterocycles. The van der Waals surface area contributed by atoms with E-state index in [1.54, 1.807) is 14.2 Å². The van der Waals surface area contributed by atoms with E-state index in [-0.39, 0.29) is 6.04 Å². The van der Waals surface area contributed by atoms with Crippen molar-refractivity contribution in [1.82, 2.24) is 5.01 Å². The Balaban J connectivity index is 1.62. The molecule has 0 saturated heterocycles. The van der Waals surface area contributed by atoms with Crippen LogP contribution in [0.25, 0.3) is 0 Å². The molecule has 32 heavy (non-hydrogen) atoms. The number of furan rings is 1. The van der Waals surface area contributed by atoms with E-state index in [0.29, 0.717) is 24.5 Å². The van der Waals surface area contributed by atoms with Crippen LogP contribution in [0.15, 0.2) is 58.0 Å². The Kier molecular flexibility index (Phi) is 5.17. The third-order valence-electron chi connectivity index (χ3n) is 5.80. The highest BCUT2D eigenvalue weighted by molar-refractivity contribution is 5.99. The summed E-state index contributed by atoms with van der Waals surface area (Å²) >= 11 is 0. The Labute approximate surface area is 187 Å². The topological polar surface area (TPSA) is 65.7 Å². The Hall–Kier alpha value is -3.61. The molecule has 1 aromatic heterocycles. The fraction of sp³-hybridized carbons (Fsp3) is 0.320. The minimum Gasteiger partial charge on any atom is -0.493 e. The zero-order valence-corrected chi connectivity index (χ0v) is 18.6. The molecule has 166 valence electrons. The Morgan fingerprint density at radius 1 is 1.03 bits per heavy atom. The quantitative estimate of drug-likeness (QED) is 0.528. The molecule has 7 nitrogen and oxygen atoms in total. The first kappa shape index (κ1) is 20.3. The number of hydrogen-bond acceptors (Lipinski definition) is 7. The molecule has 0 N–H and O–H groups in total. The molecule has 0 unspecified atom stereocenters. The second kappa shape index (κ2) is 8.15. The van der Waals surface area contributed by atoms with Crippen LogP contribution in [0.3, 0.4) is 0 Å². The van der Waals surface area contributed by atoms with Crippen LogP contribution in [0.5, 0.6) is 23.0 Å². The van der Waals surface area contributed by atoms with Gasteiger partial charge in [-0.1, -0.05) is 12.1 Å². The number of nitrogens with zero attached hydrogens (tertiary/aromatic N) is 2. The number of methoxy groups -OCH3 is 2. The molecular formula is C25H26N2O5. The Morgan fingerprint density at radius 3 is 2.59 bits per heavy atom. The van der Waals surface area contributed by atoms with Gasteiger partial charge >= 0.3 is 0 Å². The number of aryl methyl sites for hydroxylation is 1. The van der Waals surface area contributed by atoms with Crippen molar-refractivity contribution in [2.24, 2.45) is 5.10 Å². The summed E-state index contributed by atoms with van der Waals surface area (Å²) in [5, 5.41) is 6.95. The van der Waals surface area contributed by atoms with Crippen molar-refractivity contribution in [2.45, 2.75) is 32.5 Å². The standard InChI is InChI=1S/C25H26N2O5/c1-5-30-22-8-6-7-17-19-14-18(20-11-9-15(2)31-20)26-27(19)25(32-24(17)22)16-10-12-21(28-3)23(13-16)29-4/h6-13,19,25H,5,14H2,1-4H3/t19-,25-/m1/s1. The lowest BCUT2D eigenvalue weighted by Gasteiger charge is -2.38. The average Bonchev–Trinajstić information content (AvgIpc) is 3.45. The minimum atomic E-state index is -0.456. The highest BCUT2D eigenvalue weighted by Gasteiger charge is 2.43. The van der Waals surface area contributed by atoms with Gasteiger partial charge in [-0.15, -0.1) is 0 Å². The molecule has 3 heterocycles. The predicted octanol–water partition coefficient (Wildman–Crippen LogP) is 5.25. The Bertz CT molecular complexity index is 1170. The van der Waals surface area contributed by atoms with Crippen LogP contribution in [-0.4, -0.2) is 31.5 Å². The monoisotopic (exact) mass is 434 g/mol. The largest absolute Gasteiger partial charge is 0.493 e. The summed E-state index contributed by atoms with van der Waals surface area (Å²) in [7, 11) is 3.25. The normalized spacial score (nSPS) is 19.0. The molecule has 2 atom stereocenters. The smallest absolute Gasteiger partial charge is 0.214 e. The van der Waals surface area contributed by atoms with Crippen molar-refractivity contribution in [3.05, 3.63) is 71.2 Å².